The van der Waals surface area contributed by atoms with Crippen molar-refractivity contribution in [3.05, 3.63) is 95.5 Å². The number of aryl methyl sites for hydroxylation is 3. The van der Waals surface area contributed by atoms with Crippen molar-refractivity contribution in [2.24, 2.45) is 0 Å². The van der Waals surface area contributed by atoms with Crippen molar-refractivity contribution in [1.82, 2.24) is 35.4 Å². The van der Waals surface area contributed by atoms with Crippen molar-refractivity contribution in [1.29, 1.82) is 0 Å². The Balaban J connectivity index is 0.923. The van der Waals surface area contributed by atoms with E-state index >= 15 is 0 Å². The number of carbonyl (C=O) groups excluding carboxylic acids is 2. The fourth-order valence-electron chi connectivity index (χ4n) is 7.25. The zero-order valence-corrected chi connectivity index (χ0v) is 28.5. The molecule has 0 radical (unpaired) electrons. The Labute approximate surface area is 292 Å². The molecule has 0 bridgehead atoms. The van der Waals surface area contributed by atoms with Gasteiger partial charge in [0.1, 0.15) is 28.6 Å². The first-order valence-corrected chi connectivity index (χ1v) is 18.1. The molecule has 262 valence electrons. The molecule has 11 heteroatoms. The van der Waals surface area contributed by atoms with Gasteiger partial charge in [-0.05, 0) is 92.8 Å². The monoisotopic (exact) mass is 679 g/mol. The van der Waals surface area contributed by atoms with Crippen molar-refractivity contribution in [3.8, 4) is 22.8 Å². The van der Waals surface area contributed by atoms with Crippen LogP contribution in [0.5, 0.6) is 11.6 Å². The highest BCUT2D eigenvalue weighted by Gasteiger charge is 2.27. The van der Waals surface area contributed by atoms with E-state index in [0.717, 1.165) is 107 Å². The summed E-state index contributed by atoms with van der Waals surface area (Å²) in [6, 6.07) is 17.3. The average molecular weight is 680 g/mol. The van der Waals surface area contributed by atoms with Gasteiger partial charge in [-0.3, -0.25) is 9.59 Å². The number of amides is 2. The number of nitrogens with zero attached hydrogens (tertiary/aromatic N) is 4. The van der Waals surface area contributed by atoms with Gasteiger partial charge in [-0.1, -0.05) is 36.4 Å². The average Bonchev–Trinajstić information content (AvgIpc) is 3.59. The first kappa shape index (κ1) is 33.9. The number of hydrogen-bond donors (Lipinski definition) is 3. The number of fused-ring (bicyclic) bond motifs is 1. The maximum Gasteiger partial charge on any atom is 0.271 e. The lowest BCUT2D eigenvalue weighted by atomic mass is 9.91. The minimum atomic E-state index is -0.614. The Kier molecular flexibility index (Phi) is 10.8. The normalized spacial score (nSPS) is 19.4. The lowest BCUT2D eigenvalue weighted by molar-refractivity contribution is 0.0887. The second-order valence-electron chi connectivity index (χ2n) is 13.7. The Bertz CT molecular complexity index is 1760. The van der Waals surface area contributed by atoms with Gasteiger partial charge in [0.2, 0.25) is 5.88 Å². The third-order valence-electron chi connectivity index (χ3n) is 10.1. The number of rotatable bonds is 11. The second-order valence-corrected chi connectivity index (χ2v) is 13.7. The molecule has 3 aliphatic rings. The van der Waals surface area contributed by atoms with Crippen LogP contribution in [0.4, 0.5) is 4.39 Å². The van der Waals surface area contributed by atoms with Crippen LogP contribution in [0.3, 0.4) is 0 Å². The van der Waals surface area contributed by atoms with Crippen molar-refractivity contribution >= 4 is 11.8 Å². The number of carbonyl (C=O) groups is 2. The molecular formula is C39H46FN7O3. The number of ether oxygens (including phenoxy) is 1. The predicted octanol–water partition coefficient (Wildman–Crippen LogP) is 5.52. The Morgan fingerprint density at radius 3 is 2.42 bits per heavy atom. The zero-order chi connectivity index (χ0) is 34.3. The summed E-state index contributed by atoms with van der Waals surface area (Å²) in [5.74, 6) is 0.330. The van der Waals surface area contributed by atoms with E-state index in [4.69, 9.17) is 4.74 Å². The molecule has 50 heavy (non-hydrogen) atoms. The van der Waals surface area contributed by atoms with Crippen molar-refractivity contribution in [2.75, 3.05) is 32.7 Å². The van der Waals surface area contributed by atoms with E-state index in [1.54, 1.807) is 6.07 Å². The predicted molar refractivity (Wildman–Crippen MR) is 190 cm³/mol. The van der Waals surface area contributed by atoms with Crippen molar-refractivity contribution < 1.29 is 18.7 Å². The van der Waals surface area contributed by atoms with E-state index in [2.05, 4.69) is 59.7 Å². The lowest BCUT2D eigenvalue weighted by Crippen LogP contribution is -2.44. The van der Waals surface area contributed by atoms with Crippen LogP contribution < -0.4 is 20.7 Å². The SMILES string of the molecule is O=C(NC1CCC(NC(=O)c2cc(F)cnc2Oc2cccc(-c3ccc(CCCN4CCNCC4)cc3)c2)CC1)c1cn2c(n1)CCCC2. The molecule has 1 saturated heterocycles. The number of nitrogens with one attached hydrogen (secondary N) is 3. The fraction of sp³-hybridized carbons (Fsp3) is 0.436. The molecule has 10 nitrogen and oxygen atoms in total. The van der Waals surface area contributed by atoms with Crippen LogP contribution in [0, 0.1) is 5.82 Å². The number of pyridine rings is 1. The van der Waals surface area contributed by atoms with E-state index < -0.39 is 11.7 Å². The van der Waals surface area contributed by atoms with Gasteiger partial charge in [0, 0.05) is 57.4 Å². The van der Waals surface area contributed by atoms with Gasteiger partial charge in [0.05, 0.1) is 6.20 Å². The van der Waals surface area contributed by atoms with Crippen LogP contribution >= 0.6 is 0 Å². The number of benzene rings is 2. The van der Waals surface area contributed by atoms with E-state index in [0.29, 0.717) is 24.3 Å². The number of halogens is 1. The van der Waals surface area contributed by atoms with Gasteiger partial charge in [0.15, 0.2) is 0 Å². The van der Waals surface area contributed by atoms with E-state index in [-0.39, 0.29) is 29.4 Å². The van der Waals surface area contributed by atoms with Crippen molar-refractivity contribution in [2.45, 2.75) is 76.4 Å². The fourth-order valence-corrected chi connectivity index (χ4v) is 7.25. The minimum absolute atomic E-state index is 0.00925. The molecule has 0 unspecified atom stereocenters. The summed E-state index contributed by atoms with van der Waals surface area (Å²) in [7, 11) is 0. The zero-order valence-electron chi connectivity index (χ0n) is 28.5. The van der Waals surface area contributed by atoms with Gasteiger partial charge in [-0.2, -0.15) is 0 Å². The summed E-state index contributed by atoms with van der Waals surface area (Å²) in [4.78, 5) is 37.5. The summed E-state index contributed by atoms with van der Waals surface area (Å²) >= 11 is 0. The van der Waals surface area contributed by atoms with Crippen LogP contribution in [-0.4, -0.2) is 76.1 Å². The summed E-state index contributed by atoms with van der Waals surface area (Å²) in [5.41, 5.74) is 3.86. The summed E-state index contributed by atoms with van der Waals surface area (Å²) in [6.07, 6.45) is 11.0. The van der Waals surface area contributed by atoms with Crippen LogP contribution in [0.15, 0.2) is 67.0 Å². The number of aromatic nitrogens is 3. The van der Waals surface area contributed by atoms with Crippen LogP contribution in [0.2, 0.25) is 0 Å². The molecule has 4 aromatic rings. The maximum atomic E-state index is 14.4. The topological polar surface area (TPSA) is 113 Å². The van der Waals surface area contributed by atoms with Gasteiger partial charge >= 0.3 is 0 Å². The van der Waals surface area contributed by atoms with E-state index in [1.165, 1.54) is 11.6 Å². The molecule has 2 aromatic heterocycles. The van der Waals surface area contributed by atoms with Gasteiger partial charge in [-0.25, -0.2) is 14.4 Å². The summed E-state index contributed by atoms with van der Waals surface area (Å²) in [6.45, 7) is 6.42. The Hall–Kier alpha value is -4.61. The van der Waals surface area contributed by atoms with Crippen LogP contribution in [0.25, 0.3) is 11.1 Å². The molecule has 3 N–H and O–H groups in total. The van der Waals surface area contributed by atoms with Crippen LogP contribution in [0.1, 0.15) is 77.2 Å². The van der Waals surface area contributed by atoms with E-state index in [1.807, 2.05) is 24.4 Å². The van der Waals surface area contributed by atoms with Crippen LogP contribution in [-0.2, 0) is 19.4 Å². The molecule has 0 spiro atoms. The largest absolute Gasteiger partial charge is 0.438 e. The lowest BCUT2D eigenvalue weighted by Gasteiger charge is -2.29. The number of imidazole rings is 1. The molecule has 1 saturated carbocycles. The number of piperazine rings is 1. The highest BCUT2D eigenvalue weighted by Crippen LogP contribution is 2.29. The highest BCUT2D eigenvalue weighted by molar-refractivity contribution is 5.96. The second kappa shape index (κ2) is 15.9. The van der Waals surface area contributed by atoms with Crippen molar-refractivity contribution in [3.63, 3.8) is 0 Å². The number of hydrogen-bond acceptors (Lipinski definition) is 7. The summed E-state index contributed by atoms with van der Waals surface area (Å²) < 4.78 is 22.5. The first-order valence-electron chi connectivity index (χ1n) is 18.1. The smallest absolute Gasteiger partial charge is 0.271 e. The standard InChI is InChI=1S/C39H46FN7O3/c40-30-24-34(37(48)43-31-13-15-32(16-14-31)44-38(49)35-26-47-20-2-1-8-36(47)45-35)39(42-25-30)50-33-7-3-6-29(23-33)28-11-9-27(10-12-28)5-4-19-46-21-17-41-18-22-46/h3,6-7,9-12,23-26,31-32,41H,1-2,4-5,8,13-22H2,(H,43,48)(H,44,49). The Morgan fingerprint density at radius 2 is 1.66 bits per heavy atom. The summed E-state index contributed by atoms with van der Waals surface area (Å²) in [5, 5.41) is 9.57. The van der Waals surface area contributed by atoms with Gasteiger partial charge in [0.25, 0.3) is 11.8 Å². The highest BCUT2D eigenvalue weighted by atomic mass is 19.1. The molecule has 2 fully saturated rings. The molecular weight excluding hydrogens is 633 g/mol. The maximum absolute atomic E-state index is 14.4. The molecule has 2 amide bonds. The third kappa shape index (κ3) is 8.57. The Morgan fingerprint density at radius 1 is 0.900 bits per heavy atom. The van der Waals surface area contributed by atoms with Gasteiger partial charge < -0.3 is 30.2 Å². The quantitative estimate of drug-likeness (QED) is 0.191. The molecule has 7 rings (SSSR count). The molecule has 2 aliphatic heterocycles. The molecule has 0 atom stereocenters. The van der Waals surface area contributed by atoms with Gasteiger partial charge in [-0.15, -0.1) is 0 Å². The molecule has 4 heterocycles. The first-order chi connectivity index (χ1) is 24.5. The third-order valence-corrected chi connectivity index (χ3v) is 10.1. The molecule has 1 aliphatic carbocycles. The minimum Gasteiger partial charge on any atom is -0.438 e. The molecule has 2 aromatic carbocycles. The van der Waals surface area contributed by atoms with E-state index in [9.17, 15) is 14.0 Å².